The first-order valence-electron chi connectivity index (χ1n) is 6.08. The van der Waals surface area contributed by atoms with E-state index in [1.165, 1.54) is 7.11 Å². The van der Waals surface area contributed by atoms with Gasteiger partial charge in [0.2, 0.25) is 5.91 Å². The van der Waals surface area contributed by atoms with Crippen LogP contribution in [0.1, 0.15) is 24.5 Å². The molecule has 0 saturated heterocycles. The van der Waals surface area contributed by atoms with Crippen LogP contribution in [0.4, 0.5) is 5.69 Å². The number of amides is 1. The second-order valence-corrected chi connectivity index (χ2v) is 4.17. The van der Waals surface area contributed by atoms with Crippen LogP contribution >= 0.6 is 0 Å². The molecular weight excluding hydrogens is 246 g/mol. The van der Waals surface area contributed by atoms with Crippen LogP contribution in [0.25, 0.3) is 0 Å². The summed E-state index contributed by atoms with van der Waals surface area (Å²) in [7, 11) is 1.53. The summed E-state index contributed by atoms with van der Waals surface area (Å²) >= 11 is 0. The SMILES string of the molecule is CCOC(=O)CC(=O)Nc1cc(C)c(C)cc1OC. The number of ether oxygens (including phenoxy) is 2. The van der Waals surface area contributed by atoms with Crippen LogP contribution in [0.15, 0.2) is 12.1 Å². The van der Waals surface area contributed by atoms with Crippen molar-refractivity contribution in [2.75, 3.05) is 19.0 Å². The lowest BCUT2D eigenvalue weighted by atomic mass is 10.1. The molecule has 1 aromatic rings. The number of benzene rings is 1. The van der Waals surface area contributed by atoms with Crippen LogP contribution in [0.5, 0.6) is 5.75 Å². The molecule has 0 fully saturated rings. The number of carbonyl (C=O) groups excluding carboxylic acids is 2. The molecule has 0 aliphatic heterocycles. The first-order chi connectivity index (χ1) is 8.97. The highest BCUT2D eigenvalue weighted by molar-refractivity contribution is 6.02. The van der Waals surface area contributed by atoms with Gasteiger partial charge < -0.3 is 14.8 Å². The Morgan fingerprint density at radius 2 is 1.84 bits per heavy atom. The summed E-state index contributed by atoms with van der Waals surface area (Å²) in [5, 5.41) is 2.65. The van der Waals surface area contributed by atoms with Crippen molar-refractivity contribution in [1.29, 1.82) is 0 Å². The van der Waals surface area contributed by atoms with E-state index in [4.69, 9.17) is 9.47 Å². The monoisotopic (exact) mass is 265 g/mol. The smallest absolute Gasteiger partial charge is 0.315 e. The van der Waals surface area contributed by atoms with Gasteiger partial charge in [0.25, 0.3) is 0 Å². The van der Waals surface area contributed by atoms with E-state index in [1.54, 1.807) is 6.92 Å². The summed E-state index contributed by atoms with van der Waals surface area (Å²) < 4.78 is 9.92. The number of esters is 1. The Labute approximate surface area is 112 Å². The van der Waals surface area contributed by atoms with Gasteiger partial charge in [-0.25, -0.2) is 0 Å². The second kappa shape index (κ2) is 6.78. The van der Waals surface area contributed by atoms with Gasteiger partial charge in [0, 0.05) is 0 Å². The first-order valence-corrected chi connectivity index (χ1v) is 6.08. The van der Waals surface area contributed by atoms with Gasteiger partial charge in [-0.3, -0.25) is 9.59 Å². The number of hydrogen-bond acceptors (Lipinski definition) is 4. The first kappa shape index (κ1) is 15.0. The Bertz CT molecular complexity index is 483. The third-order valence-electron chi connectivity index (χ3n) is 2.70. The van der Waals surface area contributed by atoms with Crippen molar-refractivity contribution >= 4 is 17.6 Å². The molecule has 0 heterocycles. The topological polar surface area (TPSA) is 64.6 Å². The Morgan fingerprint density at radius 1 is 1.21 bits per heavy atom. The molecule has 0 radical (unpaired) electrons. The van der Waals surface area contributed by atoms with Crippen LogP contribution in [0, 0.1) is 13.8 Å². The van der Waals surface area contributed by atoms with Crippen molar-refractivity contribution in [3.8, 4) is 5.75 Å². The van der Waals surface area contributed by atoms with Gasteiger partial charge in [0.05, 0.1) is 19.4 Å². The van der Waals surface area contributed by atoms with E-state index in [-0.39, 0.29) is 13.0 Å². The lowest BCUT2D eigenvalue weighted by Gasteiger charge is -2.12. The summed E-state index contributed by atoms with van der Waals surface area (Å²) in [6, 6.07) is 3.66. The molecule has 1 amide bonds. The fourth-order valence-corrected chi connectivity index (χ4v) is 1.59. The molecule has 0 bridgehead atoms. The number of methoxy groups -OCH3 is 1. The van der Waals surface area contributed by atoms with Gasteiger partial charge in [-0.2, -0.15) is 0 Å². The van der Waals surface area contributed by atoms with Crippen molar-refractivity contribution in [2.24, 2.45) is 0 Å². The van der Waals surface area contributed by atoms with Gasteiger partial charge >= 0.3 is 5.97 Å². The van der Waals surface area contributed by atoms with E-state index in [0.717, 1.165) is 11.1 Å². The molecule has 104 valence electrons. The maximum atomic E-state index is 11.7. The summed E-state index contributed by atoms with van der Waals surface area (Å²) in [4.78, 5) is 22.9. The van der Waals surface area contributed by atoms with Crippen LogP contribution in [-0.4, -0.2) is 25.6 Å². The second-order valence-electron chi connectivity index (χ2n) is 4.17. The maximum Gasteiger partial charge on any atom is 0.315 e. The van der Waals surface area contributed by atoms with Gasteiger partial charge in [0.15, 0.2) is 0 Å². The number of nitrogens with one attached hydrogen (secondary N) is 1. The van der Waals surface area contributed by atoms with Gasteiger partial charge in [0.1, 0.15) is 12.2 Å². The van der Waals surface area contributed by atoms with Crippen LogP contribution in [-0.2, 0) is 14.3 Å². The molecule has 0 atom stereocenters. The molecule has 5 nitrogen and oxygen atoms in total. The third kappa shape index (κ3) is 4.28. The van der Waals surface area contributed by atoms with Crippen LogP contribution < -0.4 is 10.1 Å². The Morgan fingerprint density at radius 3 is 2.42 bits per heavy atom. The minimum Gasteiger partial charge on any atom is -0.495 e. The number of rotatable bonds is 5. The van der Waals surface area contributed by atoms with Crippen LogP contribution in [0.3, 0.4) is 0 Å². The Kier molecular flexibility index (Phi) is 5.36. The zero-order valence-corrected chi connectivity index (χ0v) is 11.7. The zero-order valence-electron chi connectivity index (χ0n) is 11.7. The highest BCUT2D eigenvalue weighted by atomic mass is 16.5. The zero-order chi connectivity index (χ0) is 14.4. The molecule has 0 saturated carbocycles. The predicted octanol–water partition coefficient (Wildman–Crippen LogP) is 2.20. The highest BCUT2D eigenvalue weighted by Crippen LogP contribution is 2.28. The normalized spacial score (nSPS) is 9.89. The van der Waals surface area contributed by atoms with E-state index in [1.807, 2.05) is 26.0 Å². The molecule has 0 aliphatic rings. The third-order valence-corrected chi connectivity index (χ3v) is 2.70. The molecule has 0 aromatic heterocycles. The summed E-state index contributed by atoms with van der Waals surface area (Å²) in [6.45, 7) is 5.86. The lowest BCUT2D eigenvalue weighted by molar-refractivity contribution is -0.145. The molecular formula is C14H19NO4. The highest BCUT2D eigenvalue weighted by Gasteiger charge is 2.13. The standard InChI is InChI=1S/C14H19NO4/c1-5-19-14(17)8-13(16)15-11-6-9(2)10(3)7-12(11)18-4/h6-7H,5,8H2,1-4H3,(H,15,16). The molecule has 0 aliphatic carbocycles. The fourth-order valence-electron chi connectivity index (χ4n) is 1.59. The Balaban J connectivity index is 2.78. The predicted molar refractivity (Wildman–Crippen MR) is 72.3 cm³/mol. The molecule has 1 N–H and O–H groups in total. The van der Waals surface area contributed by atoms with E-state index in [2.05, 4.69) is 5.32 Å². The maximum absolute atomic E-state index is 11.7. The summed E-state index contributed by atoms with van der Waals surface area (Å²) in [6.07, 6.45) is -0.302. The van der Waals surface area contributed by atoms with E-state index in [9.17, 15) is 9.59 Å². The molecule has 1 rings (SSSR count). The number of carbonyl (C=O) groups is 2. The number of anilines is 1. The van der Waals surface area contributed by atoms with Crippen molar-refractivity contribution < 1.29 is 19.1 Å². The molecule has 0 unspecified atom stereocenters. The fraction of sp³-hybridized carbons (Fsp3) is 0.429. The average Bonchev–Trinajstić information content (AvgIpc) is 2.33. The van der Waals surface area contributed by atoms with Gasteiger partial charge in [-0.1, -0.05) is 0 Å². The van der Waals surface area contributed by atoms with Gasteiger partial charge in [-0.15, -0.1) is 0 Å². The molecule has 1 aromatic carbocycles. The van der Waals surface area contributed by atoms with Crippen LogP contribution in [0.2, 0.25) is 0 Å². The molecule has 5 heteroatoms. The summed E-state index contributed by atoms with van der Waals surface area (Å²) in [5.41, 5.74) is 2.66. The largest absolute Gasteiger partial charge is 0.495 e. The van der Waals surface area contributed by atoms with E-state index in [0.29, 0.717) is 11.4 Å². The van der Waals surface area contributed by atoms with E-state index >= 15 is 0 Å². The lowest BCUT2D eigenvalue weighted by Crippen LogP contribution is -2.18. The average molecular weight is 265 g/mol. The van der Waals surface area contributed by atoms with Crippen molar-refractivity contribution in [3.05, 3.63) is 23.3 Å². The van der Waals surface area contributed by atoms with Crippen molar-refractivity contribution in [3.63, 3.8) is 0 Å². The number of hydrogen-bond donors (Lipinski definition) is 1. The molecule has 19 heavy (non-hydrogen) atoms. The van der Waals surface area contributed by atoms with E-state index < -0.39 is 11.9 Å². The Hall–Kier alpha value is -2.04. The minimum atomic E-state index is -0.539. The summed E-state index contributed by atoms with van der Waals surface area (Å²) in [5.74, 6) is -0.386. The molecule has 0 spiro atoms. The number of aryl methyl sites for hydroxylation is 2. The van der Waals surface area contributed by atoms with Crippen molar-refractivity contribution in [1.82, 2.24) is 0 Å². The van der Waals surface area contributed by atoms with Gasteiger partial charge in [-0.05, 0) is 44.0 Å². The van der Waals surface area contributed by atoms with Crippen molar-refractivity contribution in [2.45, 2.75) is 27.2 Å². The quantitative estimate of drug-likeness (QED) is 0.655. The minimum absolute atomic E-state index is 0.263.